The number of benzene rings is 1. The van der Waals surface area contributed by atoms with Crippen LogP contribution in [-0.4, -0.2) is 18.1 Å². The highest BCUT2D eigenvalue weighted by Crippen LogP contribution is 2.26. The average Bonchev–Trinajstić information content (AvgIpc) is 2.40. The molecule has 0 aliphatic heterocycles. The minimum atomic E-state index is -0.898. The molecule has 0 aliphatic carbocycles. The highest BCUT2D eigenvalue weighted by atomic mass is 35.5. The van der Waals surface area contributed by atoms with Crippen LogP contribution in [-0.2, 0) is 4.79 Å². The molecule has 1 unspecified atom stereocenters. The highest BCUT2D eigenvalue weighted by molar-refractivity contribution is 6.30. The van der Waals surface area contributed by atoms with Gasteiger partial charge < -0.3 is 10.1 Å². The summed E-state index contributed by atoms with van der Waals surface area (Å²) in [5.74, 6) is 1.18. The SMILES string of the molecule is CC(C)CCNC(=O)C(C)(Oc1ccc(Cl)cc1)C(C)C. The van der Waals surface area contributed by atoms with E-state index in [1.165, 1.54) is 0 Å². The largest absolute Gasteiger partial charge is 0.477 e. The minimum absolute atomic E-state index is 0.0484. The molecule has 0 bridgehead atoms. The second-order valence-electron chi connectivity index (χ2n) is 6.26. The Kier molecular flexibility index (Phi) is 6.53. The molecule has 0 heterocycles. The van der Waals surface area contributed by atoms with E-state index in [4.69, 9.17) is 16.3 Å². The zero-order valence-corrected chi connectivity index (χ0v) is 14.3. The topological polar surface area (TPSA) is 38.3 Å². The Bertz CT molecular complexity index is 456. The molecule has 0 spiro atoms. The van der Waals surface area contributed by atoms with Crippen molar-refractivity contribution in [2.75, 3.05) is 6.54 Å². The van der Waals surface area contributed by atoms with Crippen molar-refractivity contribution in [2.45, 2.75) is 46.6 Å². The van der Waals surface area contributed by atoms with E-state index in [-0.39, 0.29) is 11.8 Å². The highest BCUT2D eigenvalue weighted by Gasteiger charge is 2.39. The molecule has 118 valence electrons. The summed E-state index contributed by atoms with van der Waals surface area (Å²) in [7, 11) is 0. The molecule has 1 aromatic carbocycles. The van der Waals surface area contributed by atoms with Crippen LogP contribution in [0.3, 0.4) is 0 Å². The van der Waals surface area contributed by atoms with Crippen LogP contribution in [0.5, 0.6) is 5.75 Å². The lowest BCUT2D eigenvalue weighted by molar-refractivity contribution is -0.139. The fourth-order valence-corrected chi connectivity index (χ4v) is 1.95. The minimum Gasteiger partial charge on any atom is -0.477 e. The molecule has 0 saturated carbocycles. The monoisotopic (exact) mass is 311 g/mol. The molecule has 1 amide bonds. The first kappa shape index (κ1) is 17.8. The van der Waals surface area contributed by atoms with Gasteiger partial charge in [0.15, 0.2) is 5.60 Å². The second-order valence-corrected chi connectivity index (χ2v) is 6.69. The number of halogens is 1. The van der Waals surface area contributed by atoms with Crippen LogP contribution in [0.2, 0.25) is 5.02 Å². The maximum Gasteiger partial charge on any atom is 0.264 e. The van der Waals surface area contributed by atoms with Crippen LogP contribution < -0.4 is 10.1 Å². The van der Waals surface area contributed by atoms with E-state index < -0.39 is 5.60 Å². The summed E-state index contributed by atoms with van der Waals surface area (Å²) in [6, 6.07) is 7.08. The number of hydrogen-bond donors (Lipinski definition) is 1. The van der Waals surface area contributed by atoms with Gasteiger partial charge in [0.1, 0.15) is 5.75 Å². The summed E-state index contributed by atoms with van der Waals surface area (Å²) >= 11 is 5.87. The lowest BCUT2D eigenvalue weighted by Gasteiger charge is -2.33. The van der Waals surface area contributed by atoms with Crippen molar-refractivity contribution >= 4 is 17.5 Å². The van der Waals surface area contributed by atoms with E-state index in [2.05, 4.69) is 19.2 Å². The molecule has 0 aromatic heterocycles. The van der Waals surface area contributed by atoms with Crippen molar-refractivity contribution < 1.29 is 9.53 Å². The lowest BCUT2D eigenvalue weighted by Crippen LogP contribution is -2.52. The molecule has 0 saturated heterocycles. The molecule has 0 radical (unpaired) electrons. The van der Waals surface area contributed by atoms with Crippen LogP contribution >= 0.6 is 11.6 Å². The molecular formula is C17H26ClNO2. The molecule has 4 heteroatoms. The molecule has 3 nitrogen and oxygen atoms in total. The zero-order chi connectivity index (χ0) is 16.0. The van der Waals surface area contributed by atoms with Crippen molar-refractivity contribution in [1.82, 2.24) is 5.32 Å². The Labute approximate surface area is 133 Å². The third-order valence-corrected chi connectivity index (χ3v) is 3.96. The third kappa shape index (κ3) is 5.24. The van der Waals surface area contributed by atoms with Gasteiger partial charge in [-0.25, -0.2) is 0 Å². The van der Waals surface area contributed by atoms with Crippen molar-refractivity contribution in [3.63, 3.8) is 0 Å². The van der Waals surface area contributed by atoms with Crippen LogP contribution in [0.1, 0.15) is 41.0 Å². The van der Waals surface area contributed by atoms with Gasteiger partial charge >= 0.3 is 0 Å². The van der Waals surface area contributed by atoms with Crippen molar-refractivity contribution in [1.29, 1.82) is 0 Å². The maximum absolute atomic E-state index is 12.5. The van der Waals surface area contributed by atoms with Crippen LogP contribution in [0.25, 0.3) is 0 Å². The predicted octanol–water partition coefficient (Wildman–Crippen LogP) is 4.30. The van der Waals surface area contributed by atoms with Gasteiger partial charge in [0.25, 0.3) is 5.91 Å². The smallest absolute Gasteiger partial charge is 0.264 e. The summed E-state index contributed by atoms with van der Waals surface area (Å²) < 4.78 is 5.97. The van der Waals surface area contributed by atoms with Gasteiger partial charge in [0, 0.05) is 17.5 Å². The number of rotatable bonds is 7. The maximum atomic E-state index is 12.5. The molecule has 1 rings (SSSR count). The Morgan fingerprint density at radius 1 is 1.24 bits per heavy atom. The molecule has 1 aromatic rings. The Morgan fingerprint density at radius 2 is 1.81 bits per heavy atom. The first-order valence-corrected chi connectivity index (χ1v) is 7.86. The van der Waals surface area contributed by atoms with Crippen molar-refractivity contribution in [3.05, 3.63) is 29.3 Å². The normalized spacial score (nSPS) is 14.1. The first-order chi connectivity index (χ1) is 9.75. The van der Waals surface area contributed by atoms with E-state index in [0.717, 1.165) is 6.42 Å². The van der Waals surface area contributed by atoms with E-state index in [1.54, 1.807) is 24.3 Å². The number of hydrogen-bond acceptors (Lipinski definition) is 2. The van der Waals surface area contributed by atoms with E-state index >= 15 is 0 Å². The number of ether oxygens (including phenoxy) is 1. The molecule has 1 atom stereocenters. The van der Waals surface area contributed by atoms with Crippen LogP contribution in [0.4, 0.5) is 0 Å². The summed E-state index contributed by atoms with van der Waals surface area (Å²) in [5, 5.41) is 3.63. The predicted molar refractivity (Wildman–Crippen MR) is 87.8 cm³/mol. The zero-order valence-electron chi connectivity index (χ0n) is 13.6. The number of carbonyl (C=O) groups excluding carboxylic acids is 1. The third-order valence-electron chi connectivity index (χ3n) is 3.70. The number of carbonyl (C=O) groups is 1. The number of amides is 1. The summed E-state index contributed by atoms with van der Waals surface area (Å²) in [4.78, 5) is 12.5. The Balaban J connectivity index is 2.77. The number of nitrogens with one attached hydrogen (secondary N) is 1. The summed E-state index contributed by atoms with van der Waals surface area (Å²) in [5.41, 5.74) is -0.898. The summed E-state index contributed by atoms with van der Waals surface area (Å²) in [6.45, 7) is 10.7. The summed E-state index contributed by atoms with van der Waals surface area (Å²) in [6.07, 6.45) is 0.959. The standard InChI is InChI=1S/C17H26ClNO2/c1-12(2)10-11-19-16(20)17(5,13(3)4)21-15-8-6-14(18)7-9-15/h6-9,12-13H,10-11H2,1-5H3,(H,19,20). The van der Waals surface area contributed by atoms with E-state index in [1.807, 2.05) is 20.8 Å². The molecule has 0 fully saturated rings. The quantitative estimate of drug-likeness (QED) is 0.815. The fourth-order valence-electron chi connectivity index (χ4n) is 1.82. The van der Waals surface area contributed by atoms with Crippen LogP contribution in [0, 0.1) is 11.8 Å². The Hall–Kier alpha value is -1.22. The van der Waals surface area contributed by atoms with Gasteiger partial charge in [-0.15, -0.1) is 0 Å². The molecule has 1 N–H and O–H groups in total. The van der Waals surface area contributed by atoms with Gasteiger partial charge in [-0.2, -0.15) is 0 Å². The second kappa shape index (κ2) is 7.69. The molecular weight excluding hydrogens is 286 g/mol. The van der Waals surface area contributed by atoms with Crippen molar-refractivity contribution in [2.24, 2.45) is 11.8 Å². The molecule has 21 heavy (non-hydrogen) atoms. The lowest BCUT2D eigenvalue weighted by atomic mass is 9.91. The van der Waals surface area contributed by atoms with Gasteiger partial charge in [-0.1, -0.05) is 39.3 Å². The average molecular weight is 312 g/mol. The fraction of sp³-hybridized carbons (Fsp3) is 0.588. The van der Waals surface area contributed by atoms with Gasteiger partial charge in [-0.05, 0) is 43.5 Å². The van der Waals surface area contributed by atoms with Gasteiger partial charge in [-0.3, -0.25) is 4.79 Å². The van der Waals surface area contributed by atoms with Gasteiger partial charge in [0.2, 0.25) is 0 Å². The van der Waals surface area contributed by atoms with Crippen LogP contribution in [0.15, 0.2) is 24.3 Å². The Morgan fingerprint density at radius 3 is 2.29 bits per heavy atom. The van der Waals surface area contributed by atoms with Gasteiger partial charge in [0.05, 0.1) is 0 Å². The first-order valence-electron chi connectivity index (χ1n) is 7.48. The van der Waals surface area contributed by atoms with Crippen molar-refractivity contribution in [3.8, 4) is 5.75 Å². The van der Waals surface area contributed by atoms with E-state index in [9.17, 15) is 4.79 Å². The van der Waals surface area contributed by atoms with E-state index in [0.29, 0.717) is 23.2 Å². The molecule has 0 aliphatic rings.